The second-order valence-electron chi connectivity index (χ2n) is 7.05. The van der Waals surface area contributed by atoms with Gasteiger partial charge in [0, 0.05) is 18.9 Å². The van der Waals surface area contributed by atoms with Gasteiger partial charge in [-0.05, 0) is 53.4 Å². The molecule has 2 aliphatic rings. The lowest BCUT2D eigenvalue weighted by Crippen LogP contribution is -2.35. The molecule has 0 spiro atoms. The molecule has 1 N–H and O–H groups in total. The van der Waals surface area contributed by atoms with E-state index in [1.165, 1.54) is 5.01 Å². The zero-order valence-electron chi connectivity index (χ0n) is 14.4. The van der Waals surface area contributed by atoms with Crippen LogP contribution in [0.1, 0.15) is 59.8 Å². The molecule has 0 aliphatic heterocycles. The second-order valence-corrected chi connectivity index (χ2v) is 7.05. The lowest BCUT2D eigenvalue weighted by atomic mass is 9.89. The molecular weight excluding hydrogens is 296 g/mol. The number of aliphatic hydroxyl groups is 1. The summed E-state index contributed by atoms with van der Waals surface area (Å²) in [7, 11) is 0. The maximum atomic E-state index is 12.2. The van der Waals surface area contributed by atoms with E-state index in [2.05, 4.69) is 5.10 Å². The van der Waals surface area contributed by atoms with Gasteiger partial charge in [-0.25, -0.2) is 4.79 Å². The molecule has 2 aliphatic carbocycles. The van der Waals surface area contributed by atoms with E-state index in [1.807, 2.05) is 0 Å². The normalized spacial score (nSPS) is 23.0. The highest BCUT2D eigenvalue weighted by Gasteiger charge is 2.34. The first kappa shape index (κ1) is 17.5. The van der Waals surface area contributed by atoms with Gasteiger partial charge >= 0.3 is 6.09 Å². The van der Waals surface area contributed by atoms with Crippen LogP contribution >= 0.6 is 0 Å². The Morgan fingerprint density at radius 1 is 1.35 bits per heavy atom. The average Bonchev–Trinajstić information content (AvgIpc) is 3.26. The third-order valence-corrected chi connectivity index (χ3v) is 3.75. The van der Waals surface area contributed by atoms with Gasteiger partial charge in [0.25, 0.3) is 0 Å². The molecule has 128 valence electrons. The predicted molar refractivity (Wildman–Crippen MR) is 87.3 cm³/mol. The fraction of sp³-hybridized carbons (Fsp3) is 0.706. The molecule has 2 saturated carbocycles. The summed E-state index contributed by atoms with van der Waals surface area (Å²) in [5, 5.41) is 15.9. The lowest BCUT2D eigenvalue weighted by Gasteiger charge is -2.25. The number of hydrazone groups is 1. The Bertz CT molecular complexity index is 553. The maximum Gasteiger partial charge on any atom is 0.430 e. The van der Waals surface area contributed by atoms with Crippen LogP contribution in [0.2, 0.25) is 0 Å². The molecule has 23 heavy (non-hydrogen) atoms. The van der Waals surface area contributed by atoms with Crippen LogP contribution in [-0.2, 0) is 9.53 Å². The van der Waals surface area contributed by atoms with Crippen molar-refractivity contribution in [2.75, 3.05) is 6.54 Å². The summed E-state index contributed by atoms with van der Waals surface area (Å²) >= 11 is 0. The van der Waals surface area contributed by atoms with Crippen molar-refractivity contribution in [3.8, 4) is 0 Å². The van der Waals surface area contributed by atoms with E-state index in [0.717, 1.165) is 12.8 Å². The van der Waals surface area contributed by atoms with Crippen LogP contribution in [0.5, 0.6) is 0 Å². The van der Waals surface area contributed by atoms with Gasteiger partial charge in [-0.3, -0.25) is 4.79 Å². The highest BCUT2D eigenvalue weighted by molar-refractivity contribution is 6.24. The Morgan fingerprint density at radius 3 is 2.52 bits per heavy atom. The SMILES string of the molecule is CCN(N=C1CCCC(=O)C1=C(O)C1CC1)C(=O)OC(C)(C)C. The highest BCUT2D eigenvalue weighted by atomic mass is 16.6. The van der Waals surface area contributed by atoms with E-state index >= 15 is 0 Å². The minimum absolute atomic E-state index is 0.0776. The number of allylic oxidation sites excluding steroid dienone is 2. The van der Waals surface area contributed by atoms with Gasteiger partial charge < -0.3 is 9.84 Å². The number of carbonyl (C=O) groups is 2. The van der Waals surface area contributed by atoms with Crippen molar-refractivity contribution >= 4 is 17.6 Å². The molecule has 0 heterocycles. The molecular formula is C17H26N2O4. The minimum atomic E-state index is -0.609. The van der Waals surface area contributed by atoms with Gasteiger partial charge in [0.1, 0.15) is 11.4 Å². The second kappa shape index (κ2) is 6.72. The Labute approximate surface area is 137 Å². The van der Waals surface area contributed by atoms with E-state index in [4.69, 9.17) is 4.74 Å². The maximum absolute atomic E-state index is 12.2. The van der Waals surface area contributed by atoms with E-state index in [1.54, 1.807) is 27.7 Å². The monoisotopic (exact) mass is 322 g/mol. The third kappa shape index (κ3) is 4.56. The number of hydrogen-bond acceptors (Lipinski definition) is 5. The Hall–Kier alpha value is -1.85. The molecule has 0 aromatic carbocycles. The van der Waals surface area contributed by atoms with Gasteiger partial charge in [0.05, 0.1) is 11.3 Å². The molecule has 0 aromatic heterocycles. The van der Waals surface area contributed by atoms with Crippen molar-refractivity contribution in [2.45, 2.75) is 65.4 Å². The summed E-state index contributed by atoms with van der Waals surface area (Å²) in [5.74, 6) is 0.141. The molecule has 6 nitrogen and oxygen atoms in total. The molecule has 0 bridgehead atoms. The number of aliphatic hydroxyl groups excluding tert-OH is 1. The van der Waals surface area contributed by atoms with Crippen LogP contribution in [0.4, 0.5) is 4.79 Å². The number of Topliss-reactive ketones (excluding diaryl/α,β-unsaturated/α-hetero) is 1. The molecule has 0 aromatic rings. The number of nitrogens with zero attached hydrogens (tertiary/aromatic N) is 2. The van der Waals surface area contributed by atoms with Crippen molar-refractivity contribution in [1.29, 1.82) is 0 Å². The number of amides is 1. The lowest BCUT2D eigenvalue weighted by molar-refractivity contribution is -0.115. The van der Waals surface area contributed by atoms with Gasteiger partial charge in [0.15, 0.2) is 5.78 Å². The van der Waals surface area contributed by atoms with E-state index < -0.39 is 11.7 Å². The van der Waals surface area contributed by atoms with Crippen molar-refractivity contribution in [3.63, 3.8) is 0 Å². The highest BCUT2D eigenvalue weighted by Crippen LogP contribution is 2.38. The first-order valence-corrected chi connectivity index (χ1v) is 8.27. The van der Waals surface area contributed by atoms with E-state index in [0.29, 0.717) is 37.1 Å². The summed E-state index contributed by atoms with van der Waals surface area (Å²) in [4.78, 5) is 24.4. The zero-order chi connectivity index (χ0) is 17.2. The quantitative estimate of drug-likeness (QED) is 0.489. The molecule has 0 unspecified atom stereocenters. The fourth-order valence-electron chi connectivity index (χ4n) is 2.48. The van der Waals surface area contributed by atoms with Crippen LogP contribution in [0.3, 0.4) is 0 Å². The Balaban J connectivity index is 2.27. The van der Waals surface area contributed by atoms with Crippen LogP contribution < -0.4 is 0 Å². The summed E-state index contributed by atoms with van der Waals surface area (Å²) in [6, 6.07) is 0. The van der Waals surface area contributed by atoms with Gasteiger partial charge in [-0.2, -0.15) is 10.1 Å². The van der Waals surface area contributed by atoms with Gasteiger partial charge in [-0.15, -0.1) is 0 Å². The summed E-state index contributed by atoms with van der Waals surface area (Å²) in [5.41, 5.74) is 0.209. The van der Waals surface area contributed by atoms with Crippen molar-refractivity contribution in [2.24, 2.45) is 11.0 Å². The zero-order valence-corrected chi connectivity index (χ0v) is 14.4. The van der Waals surface area contributed by atoms with Crippen molar-refractivity contribution in [1.82, 2.24) is 5.01 Å². The van der Waals surface area contributed by atoms with Crippen LogP contribution in [0, 0.1) is 5.92 Å². The molecule has 2 fully saturated rings. The Kier molecular flexibility index (Phi) is 5.12. The summed E-state index contributed by atoms with van der Waals surface area (Å²) < 4.78 is 5.33. The predicted octanol–water partition coefficient (Wildman–Crippen LogP) is 3.57. The number of carbonyl (C=O) groups excluding carboxylic acids is 2. The number of hydrogen-bond donors (Lipinski definition) is 1. The van der Waals surface area contributed by atoms with Gasteiger partial charge in [0.2, 0.25) is 0 Å². The first-order valence-electron chi connectivity index (χ1n) is 8.27. The Morgan fingerprint density at radius 2 is 2.00 bits per heavy atom. The molecule has 0 radical (unpaired) electrons. The van der Waals surface area contributed by atoms with E-state index in [-0.39, 0.29) is 17.5 Å². The van der Waals surface area contributed by atoms with E-state index in [9.17, 15) is 14.7 Å². The molecule has 6 heteroatoms. The molecule has 1 amide bonds. The standard InChI is InChI=1S/C17H26N2O4/c1-5-19(16(22)23-17(2,3)4)18-12-7-6-8-13(20)14(12)15(21)11-9-10-11/h11,21H,5-10H2,1-4H3. The average molecular weight is 322 g/mol. The van der Waals surface area contributed by atoms with Gasteiger partial charge in [-0.1, -0.05) is 0 Å². The number of ether oxygens (including phenoxy) is 1. The van der Waals surface area contributed by atoms with Crippen LogP contribution in [0.25, 0.3) is 0 Å². The van der Waals surface area contributed by atoms with Crippen LogP contribution in [0.15, 0.2) is 16.4 Å². The van der Waals surface area contributed by atoms with Crippen molar-refractivity contribution < 1.29 is 19.4 Å². The first-order chi connectivity index (χ1) is 10.7. The smallest absolute Gasteiger partial charge is 0.430 e. The topological polar surface area (TPSA) is 79.2 Å². The molecule has 2 rings (SSSR count). The molecule has 0 atom stereocenters. The van der Waals surface area contributed by atoms with Crippen molar-refractivity contribution in [3.05, 3.63) is 11.3 Å². The summed E-state index contributed by atoms with van der Waals surface area (Å²) in [6.07, 6.45) is 2.95. The number of ketones is 1. The fourth-order valence-corrected chi connectivity index (χ4v) is 2.48. The summed E-state index contributed by atoms with van der Waals surface area (Å²) in [6.45, 7) is 7.51. The molecule has 0 saturated heterocycles. The third-order valence-electron chi connectivity index (χ3n) is 3.75. The minimum Gasteiger partial charge on any atom is -0.511 e. The number of rotatable bonds is 3. The largest absolute Gasteiger partial charge is 0.511 e. The van der Waals surface area contributed by atoms with Crippen LogP contribution in [-0.4, -0.2) is 39.8 Å².